The Morgan fingerprint density at radius 2 is 2.15 bits per heavy atom. The van der Waals surface area contributed by atoms with Crippen LogP contribution in [-0.4, -0.2) is 38.2 Å². The summed E-state index contributed by atoms with van der Waals surface area (Å²) in [5.74, 6) is -1.10. The predicted octanol–water partition coefficient (Wildman–Crippen LogP) is 1.23. The normalized spacial score (nSPS) is 11.8. The average molecular weight is 301 g/mol. The first-order chi connectivity index (χ1) is 9.47. The number of methoxy groups -OCH3 is 1. The molecule has 1 unspecified atom stereocenters. The lowest BCUT2D eigenvalue weighted by Gasteiger charge is -2.14. The van der Waals surface area contributed by atoms with Gasteiger partial charge in [0.1, 0.15) is 0 Å². The van der Waals surface area contributed by atoms with Gasteiger partial charge in [-0.2, -0.15) is 0 Å². The summed E-state index contributed by atoms with van der Waals surface area (Å²) >= 11 is 5.91. The summed E-state index contributed by atoms with van der Waals surface area (Å²) in [5.41, 5.74) is 6.00. The molecule has 1 atom stereocenters. The number of carbonyl (C=O) groups is 2. The monoisotopic (exact) mass is 300 g/mol. The van der Waals surface area contributed by atoms with Crippen LogP contribution < -0.4 is 11.1 Å². The number of hydrogen-bond acceptors (Lipinski definition) is 5. The maximum atomic E-state index is 11.9. The standard InChI is InChI=1S/C13H17ClN2O4/c1-8(12(17)16-6-7-19-2)20-13(18)9-4-3-5-10(15)11(9)14/h3-5,8H,6-7,15H2,1-2H3,(H,16,17). The maximum absolute atomic E-state index is 11.9. The molecule has 7 heteroatoms. The second-order valence-electron chi connectivity index (χ2n) is 4.04. The summed E-state index contributed by atoms with van der Waals surface area (Å²) in [6.07, 6.45) is -0.933. The number of benzene rings is 1. The van der Waals surface area contributed by atoms with Crippen LogP contribution in [0.4, 0.5) is 5.69 Å². The van der Waals surface area contributed by atoms with Crippen molar-refractivity contribution in [2.75, 3.05) is 26.0 Å². The van der Waals surface area contributed by atoms with Crippen molar-refractivity contribution in [3.05, 3.63) is 28.8 Å². The Balaban J connectivity index is 2.61. The number of anilines is 1. The number of esters is 1. The van der Waals surface area contributed by atoms with Crippen molar-refractivity contribution < 1.29 is 19.1 Å². The van der Waals surface area contributed by atoms with Crippen LogP contribution in [0, 0.1) is 0 Å². The van der Waals surface area contributed by atoms with Crippen LogP contribution >= 0.6 is 11.6 Å². The number of hydrogen-bond donors (Lipinski definition) is 2. The summed E-state index contributed by atoms with van der Waals surface area (Å²) in [7, 11) is 1.53. The Hall–Kier alpha value is -1.79. The number of rotatable bonds is 6. The number of amides is 1. The Bertz CT molecular complexity index is 493. The predicted molar refractivity (Wildman–Crippen MR) is 75.6 cm³/mol. The van der Waals surface area contributed by atoms with E-state index in [4.69, 9.17) is 26.8 Å². The van der Waals surface area contributed by atoms with Gasteiger partial charge in [-0.05, 0) is 19.1 Å². The van der Waals surface area contributed by atoms with Crippen molar-refractivity contribution >= 4 is 29.2 Å². The summed E-state index contributed by atoms with van der Waals surface area (Å²) in [4.78, 5) is 23.5. The second kappa shape index (κ2) is 7.72. The van der Waals surface area contributed by atoms with Crippen LogP contribution in [0.15, 0.2) is 18.2 Å². The topological polar surface area (TPSA) is 90.6 Å². The quantitative estimate of drug-likeness (QED) is 0.468. The van der Waals surface area contributed by atoms with Gasteiger partial charge in [0.15, 0.2) is 6.10 Å². The van der Waals surface area contributed by atoms with Gasteiger partial charge in [-0.1, -0.05) is 17.7 Å². The van der Waals surface area contributed by atoms with Gasteiger partial charge in [-0.25, -0.2) is 4.79 Å². The van der Waals surface area contributed by atoms with Crippen molar-refractivity contribution in [1.29, 1.82) is 0 Å². The Labute approximate surface area is 122 Å². The van der Waals surface area contributed by atoms with Gasteiger partial charge in [-0.15, -0.1) is 0 Å². The zero-order valence-corrected chi connectivity index (χ0v) is 12.1. The first kappa shape index (κ1) is 16.3. The summed E-state index contributed by atoms with van der Waals surface area (Å²) < 4.78 is 9.83. The molecule has 0 saturated carbocycles. The number of carbonyl (C=O) groups excluding carboxylic acids is 2. The highest BCUT2D eigenvalue weighted by Gasteiger charge is 2.20. The fraction of sp³-hybridized carbons (Fsp3) is 0.385. The number of ether oxygens (including phenoxy) is 2. The lowest BCUT2D eigenvalue weighted by atomic mass is 10.2. The van der Waals surface area contributed by atoms with Crippen molar-refractivity contribution in [3.63, 3.8) is 0 Å². The average Bonchev–Trinajstić information content (AvgIpc) is 2.41. The van der Waals surface area contributed by atoms with E-state index < -0.39 is 18.0 Å². The van der Waals surface area contributed by atoms with E-state index in [1.807, 2.05) is 0 Å². The van der Waals surface area contributed by atoms with E-state index in [0.29, 0.717) is 13.2 Å². The van der Waals surface area contributed by atoms with E-state index in [1.165, 1.54) is 20.1 Å². The molecule has 1 aromatic carbocycles. The molecule has 20 heavy (non-hydrogen) atoms. The molecule has 0 fully saturated rings. The number of nitrogen functional groups attached to an aromatic ring is 1. The van der Waals surface area contributed by atoms with Crippen LogP contribution in [0.3, 0.4) is 0 Å². The SMILES string of the molecule is COCCNC(=O)C(C)OC(=O)c1cccc(N)c1Cl. The molecule has 1 amide bonds. The van der Waals surface area contributed by atoms with Crippen molar-refractivity contribution in [2.24, 2.45) is 0 Å². The molecule has 0 radical (unpaired) electrons. The first-order valence-electron chi connectivity index (χ1n) is 5.99. The van der Waals surface area contributed by atoms with Gasteiger partial charge in [0.2, 0.25) is 0 Å². The van der Waals surface area contributed by atoms with Crippen molar-refractivity contribution in [1.82, 2.24) is 5.32 Å². The van der Waals surface area contributed by atoms with Gasteiger partial charge in [0, 0.05) is 13.7 Å². The highest BCUT2D eigenvalue weighted by atomic mass is 35.5. The molecule has 6 nitrogen and oxygen atoms in total. The van der Waals surface area contributed by atoms with Gasteiger partial charge >= 0.3 is 5.97 Å². The minimum atomic E-state index is -0.933. The molecule has 0 aliphatic rings. The Kier molecular flexibility index (Phi) is 6.27. The van der Waals surface area contributed by atoms with E-state index in [-0.39, 0.29) is 16.3 Å². The van der Waals surface area contributed by atoms with Crippen LogP contribution in [0.25, 0.3) is 0 Å². The summed E-state index contributed by atoms with van der Waals surface area (Å²) in [6.45, 7) is 2.20. The zero-order valence-electron chi connectivity index (χ0n) is 11.3. The van der Waals surface area contributed by atoms with Gasteiger partial charge < -0.3 is 20.5 Å². The highest BCUT2D eigenvalue weighted by molar-refractivity contribution is 6.36. The zero-order chi connectivity index (χ0) is 15.1. The minimum Gasteiger partial charge on any atom is -0.449 e. The molecule has 1 aromatic rings. The first-order valence-corrected chi connectivity index (χ1v) is 6.36. The number of nitrogens with two attached hydrogens (primary N) is 1. The minimum absolute atomic E-state index is 0.115. The van der Waals surface area contributed by atoms with Gasteiger partial charge in [0.25, 0.3) is 5.91 Å². The Morgan fingerprint density at radius 3 is 2.80 bits per heavy atom. The highest BCUT2D eigenvalue weighted by Crippen LogP contribution is 2.23. The second-order valence-corrected chi connectivity index (χ2v) is 4.42. The molecule has 110 valence electrons. The fourth-order valence-corrected chi connectivity index (χ4v) is 1.61. The van der Waals surface area contributed by atoms with E-state index in [2.05, 4.69) is 5.32 Å². The molecule has 1 rings (SSSR count). The molecular formula is C13H17ClN2O4. The lowest BCUT2D eigenvalue weighted by Crippen LogP contribution is -2.37. The van der Waals surface area contributed by atoms with Crippen LogP contribution in [-0.2, 0) is 14.3 Å². The van der Waals surface area contributed by atoms with Crippen LogP contribution in [0.1, 0.15) is 17.3 Å². The molecule has 0 aromatic heterocycles. The Morgan fingerprint density at radius 1 is 1.45 bits per heavy atom. The van der Waals surface area contributed by atoms with Crippen molar-refractivity contribution in [2.45, 2.75) is 13.0 Å². The lowest BCUT2D eigenvalue weighted by molar-refractivity contribution is -0.129. The largest absolute Gasteiger partial charge is 0.449 e. The maximum Gasteiger partial charge on any atom is 0.340 e. The molecule has 0 aliphatic carbocycles. The van der Waals surface area contributed by atoms with Crippen LogP contribution in [0.5, 0.6) is 0 Å². The van der Waals surface area contributed by atoms with Gasteiger partial charge in [0.05, 0.1) is 22.9 Å². The van der Waals surface area contributed by atoms with Crippen LogP contribution in [0.2, 0.25) is 5.02 Å². The molecular weight excluding hydrogens is 284 g/mol. The third-order valence-corrected chi connectivity index (χ3v) is 2.93. The van der Waals surface area contributed by atoms with E-state index in [0.717, 1.165) is 0 Å². The van der Waals surface area contributed by atoms with Gasteiger partial charge in [-0.3, -0.25) is 4.79 Å². The molecule has 0 spiro atoms. The molecule has 3 N–H and O–H groups in total. The van der Waals surface area contributed by atoms with Crippen molar-refractivity contribution in [3.8, 4) is 0 Å². The summed E-state index contributed by atoms with van der Waals surface area (Å²) in [6, 6.07) is 4.64. The number of nitrogens with one attached hydrogen (secondary N) is 1. The van der Waals surface area contributed by atoms with E-state index >= 15 is 0 Å². The fourth-order valence-electron chi connectivity index (χ4n) is 1.41. The third-order valence-electron chi connectivity index (χ3n) is 2.51. The number of halogens is 1. The molecule has 0 bridgehead atoms. The molecule has 0 saturated heterocycles. The molecule has 0 aliphatic heterocycles. The third kappa shape index (κ3) is 4.40. The van der Waals surface area contributed by atoms with E-state index in [1.54, 1.807) is 12.1 Å². The molecule has 0 heterocycles. The van der Waals surface area contributed by atoms with E-state index in [9.17, 15) is 9.59 Å². The summed E-state index contributed by atoms with van der Waals surface area (Å²) in [5, 5.41) is 2.68. The smallest absolute Gasteiger partial charge is 0.340 e.